The van der Waals surface area contributed by atoms with Crippen molar-refractivity contribution in [2.24, 2.45) is 0 Å². The Balaban J connectivity index is 3.10. The fourth-order valence-corrected chi connectivity index (χ4v) is 1.30. The fourth-order valence-electron chi connectivity index (χ4n) is 1.30. The summed E-state index contributed by atoms with van der Waals surface area (Å²) in [7, 11) is 0. The largest absolute Gasteiger partial charge is 0.508 e. The van der Waals surface area contributed by atoms with Crippen molar-refractivity contribution in [3.05, 3.63) is 23.3 Å². The minimum atomic E-state index is -0.114. The second-order valence-corrected chi connectivity index (χ2v) is 2.96. The van der Waals surface area contributed by atoms with Crippen LogP contribution in [0.2, 0.25) is 0 Å². The minimum Gasteiger partial charge on any atom is -0.508 e. The molecule has 3 N–H and O–H groups in total. The molecule has 0 fully saturated rings. The van der Waals surface area contributed by atoms with E-state index >= 15 is 0 Å². The second kappa shape index (κ2) is 4.62. The number of benzene rings is 1. The molecule has 0 saturated heterocycles. The van der Waals surface area contributed by atoms with E-state index in [0.29, 0.717) is 17.4 Å². The zero-order valence-electron chi connectivity index (χ0n) is 7.60. The highest BCUT2D eigenvalue weighted by Crippen LogP contribution is 2.28. The van der Waals surface area contributed by atoms with Crippen LogP contribution in [0.3, 0.4) is 0 Å². The Labute approximate surface area is 81.4 Å². The first-order valence-corrected chi connectivity index (χ1v) is 4.27. The predicted molar refractivity (Wildman–Crippen MR) is 50.3 cm³/mol. The highest BCUT2D eigenvalue weighted by Gasteiger charge is 2.08. The number of aliphatic hydroxyl groups is 1. The Hall–Kier alpha value is -1.55. The average Bonchev–Trinajstić information content (AvgIpc) is 2.14. The molecule has 0 heterocycles. The van der Waals surface area contributed by atoms with Crippen LogP contribution in [-0.2, 0) is 17.6 Å². The van der Waals surface area contributed by atoms with Crippen molar-refractivity contribution in [3.8, 4) is 11.5 Å². The van der Waals surface area contributed by atoms with E-state index in [1.165, 1.54) is 12.1 Å². The normalized spacial score (nSPS) is 10.1. The molecule has 76 valence electrons. The molecule has 0 amide bonds. The Morgan fingerprint density at radius 3 is 2.43 bits per heavy atom. The van der Waals surface area contributed by atoms with Gasteiger partial charge in [0.05, 0.1) is 0 Å². The third kappa shape index (κ3) is 2.23. The molecule has 4 nitrogen and oxygen atoms in total. The van der Waals surface area contributed by atoms with Gasteiger partial charge in [0, 0.05) is 24.2 Å². The Bertz CT molecular complexity index is 333. The standard InChI is InChI=1S/C10H12O4/c11-3-1-7-5-9(13)6-8(2-4-12)10(7)14/h3,5-6,12-14H,1-2,4H2. The van der Waals surface area contributed by atoms with E-state index in [1.54, 1.807) is 0 Å². The zero-order chi connectivity index (χ0) is 10.6. The number of aldehydes is 1. The first-order valence-electron chi connectivity index (χ1n) is 4.27. The number of phenols is 2. The molecule has 1 aromatic carbocycles. The van der Waals surface area contributed by atoms with Gasteiger partial charge in [0.2, 0.25) is 0 Å². The summed E-state index contributed by atoms with van der Waals surface area (Å²) in [5, 5.41) is 27.6. The van der Waals surface area contributed by atoms with E-state index in [0.717, 1.165) is 0 Å². The molecule has 0 aliphatic heterocycles. The zero-order valence-corrected chi connectivity index (χ0v) is 7.60. The highest BCUT2D eigenvalue weighted by molar-refractivity contribution is 5.59. The van der Waals surface area contributed by atoms with Crippen LogP contribution in [0.1, 0.15) is 11.1 Å². The van der Waals surface area contributed by atoms with E-state index in [1.807, 2.05) is 0 Å². The van der Waals surface area contributed by atoms with Gasteiger partial charge in [-0.25, -0.2) is 0 Å². The molecule has 1 aromatic rings. The number of aliphatic hydroxyl groups excluding tert-OH is 1. The number of phenolic OH excluding ortho intramolecular Hbond substituents is 2. The first kappa shape index (κ1) is 10.5. The van der Waals surface area contributed by atoms with Crippen molar-refractivity contribution in [2.45, 2.75) is 12.8 Å². The molecule has 0 unspecified atom stereocenters. The monoisotopic (exact) mass is 196 g/mol. The number of hydrogen-bond donors (Lipinski definition) is 3. The average molecular weight is 196 g/mol. The van der Waals surface area contributed by atoms with Crippen molar-refractivity contribution in [1.82, 2.24) is 0 Å². The summed E-state index contributed by atoms with van der Waals surface area (Å²) in [6.07, 6.45) is 0.960. The molecule has 1 rings (SSSR count). The van der Waals surface area contributed by atoms with Gasteiger partial charge in [-0.05, 0) is 18.6 Å². The summed E-state index contributed by atoms with van der Waals surface area (Å²) >= 11 is 0. The number of carbonyl (C=O) groups excluding carboxylic acids is 1. The summed E-state index contributed by atoms with van der Waals surface area (Å²) in [5.41, 5.74) is 0.827. The van der Waals surface area contributed by atoms with Gasteiger partial charge in [0.15, 0.2) is 0 Å². The lowest BCUT2D eigenvalue weighted by molar-refractivity contribution is -0.107. The third-order valence-corrected chi connectivity index (χ3v) is 1.94. The van der Waals surface area contributed by atoms with E-state index in [-0.39, 0.29) is 30.9 Å². The minimum absolute atomic E-state index is 0.0110. The van der Waals surface area contributed by atoms with Crippen molar-refractivity contribution in [1.29, 1.82) is 0 Å². The lowest BCUT2D eigenvalue weighted by Crippen LogP contribution is -1.95. The van der Waals surface area contributed by atoms with Gasteiger partial charge in [-0.15, -0.1) is 0 Å². The molecular formula is C10H12O4. The van der Waals surface area contributed by atoms with Crippen LogP contribution >= 0.6 is 0 Å². The molecule has 0 aliphatic carbocycles. The van der Waals surface area contributed by atoms with Gasteiger partial charge < -0.3 is 20.1 Å². The number of rotatable bonds is 4. The van der Waals surface area contributed by atoms with E-state index < -0.39 is 0 Å². The van der Waals surface area contributed by atoms with Crippen LogP contribution in [0, 0.1) is 0 Å². The molecule has 0 spiro atoms. The Morgan fingerprint density at radius 1 is 1.21 bits per heavy atom. The molecule has 0 radical (unpaired) electrons. The van der Waals surface area contributed by atoms with Gasteiger partial charge in [0.1, 0.15) is 17.8 Å². The number of carbonyl (C=O) groups is 1. The Morgan fingerprint density at radius 2 is 1.86 bits per heavy atom. The van der Waals surface area contributed by atoms with Crippen LogP contribution in [-0.4, -0.2) is 28.2 Å². The molecular weight excluding hydrogens is 184 g/mol. The lowest BCUT2D eigenvalue weighted by Gasteiger charge is -2.07. The fraction of sp³-hybridized carbons (Fsp3) is 0.300. The van der Waals surface area contributed by atoms with E-state index in [2.05, 4.69) is 0 Å². The maximum atomic E-state index is 10.3. The van der Waals surface area contributed by atoms with Crippen LogP contribution in [0.4, 0.5) is 0 Å². The summed E-state index contributed by atoms with van der Waals surface area (Å²) in [6, 6.07) is 2.71. The van der Waals surface area contributed by atoms with E-state index in [4.69, 9.17) is 5.11 Å². The number of aromatic hydroxyl groups is 2. The second-order valence-electron chi connectivity index (χ2n) is 2.96. The smallest absolute Gasteiger partial charge is 0.124 e. The van der Waals surface area contributed by atoms with Crippen LogP contribution in [0.5, 0.6) is 11.5 Å². The summed E-state index contributed by atoms with van der Waals surface area (Å²) in [4.78, 5) is 10.3. The van der Waals surface area contributed by atoms with Crippen LogP contribution in [0.15, 0.2) is 12.1 Å². The SMILES string of the molecule is O=CCc1cc(O)cc(CCO)c1O. The molecule has 0 aromatic heterocycles. The van der Waals surface area contributed by atoms with Gasteiger partial charge in [-0.1, -0.05) is 0 Å². The van der Waals surface area contributed by atoms with Gasteiger partial charge in [-0.2, -0.15) is 0 Å². The van der Waals surface area contributed by atoms with Gasteiger partial charge in [0.25, 0.3) is 0 Å². The molecule has 4 heteroatoms. The Kier molecular flexibility index (Phi) is 3.48. The maximum Gasteiger partial charge on any atom is 0.124 e. The van der Waals surface area contributed by atoms with Crippen molar-refractivity contribution < 1.29 is 20.1 Å². The summed E-state index contributed by atoms with van der Waals surface area (Å²) in [5.74, 6) is -0.0351. The molecule has 0 saturated carbocycles. The predicted octanol–water partition coefficient (Wildman–Crippen LogP) is 0.374. The van der Waals surface area contributed by atoms with Crippen molar-refractivity contribution in [3.63, 3.8) is 0 Å². The third-order valence-electron chi connectivity index (χ3n) is 1.94. The quantitative estimate of drug-likeness (QED) is 0.480. The maximum absolute atomic E-state index is 10.3. The summed E-state index contributed by atoms with van der Waals surface area (Å²) in [6.45, 7) is -0.114. The van der Waals surface area contributed by atoms with E-state index in [9.17, 15) is 15.0 Å². The number of hydrogen-bond acceptors (Lipinski definition) is 4. The molecule has 0 atom stereocenters. The van der Waals surface area contributed by atoms with Crippen molar-refractivity contribution in [2.75, 3.05) is 6.61 Å². The molecule has 14 heavy (non-hydrogen) atoms. The van der Waals surface area contributed by atoms with Crippen LogP contribution in [0.25, 0.3) is 0 Å². The molecule has 0 bridgehead atoms. The topological polar surface area (TPSA) is 77.8 Å². The van der Waals surface area contributed by atoms with Gasteiger partial charge in [-0.3, -0.25) is 0 Å². The van der Waals surface area contributed by atoms with Gasteiger partial charge >= 0.3 is 0 Å². The lowest BCUT2D eigenvalue weighted by atomic mass is 10.0. The summed E-state index contributed by atoms with van der Waals surface area (Å²) < 4.78 is 0. The van der Waals surface area contributed by atoms with Crippen molar-refractivity contribution >= 4 is 6.29 Å². The molecule has 0 aliphatic rings. The van der Waals surface area contributed by atoms with Crippen LogP contribution < -0.4 is 0 Å². The first-order chi connectivity index (χ1) is 6.69. The highest BCUT2D eigenvalue weighted by atomic mass is 16.3.